The van der Waals surface area contributed by atoms with Gasteiger partial charge < -0.3 is 5.11 Å². The first-order valence-electron chi connectivity index (χ1n) is 4.55. The van der Waals surface area contributed by atoms with Crippen LogP contribution in [0.2, 0.25) is 0 Å². The van der Waals surface area contributed by atoms with Gasteiger partial charge in [0.15, 0.2) is 0 Å². The lowest BCUT2D eigenvalue weighted by atomic mass is 10.1. The number of hydrogen-bond acceptors (Lipinski definition) is 1. The van der Waals surface area contributed by atoms with Gasteiger partial charge in [-0.15, -0.1) is 0 Å². The quantitative estimate of drug-likeness (QED) is 0.795. The summed E-state index contributed by atoms with van der Waals surface area (Å²) in [4.78, 5) is 10.3. The summed E-state index contributed by atoms with van der Waals surface area (Å²) < 4.78 is 0. The largest absolute Gasteiger partial charge is 0.481 e. The molecule has 0 aliphatic heterocycles. The zero-order valence-corrected chi connectivity index (χ0v) is 8.45. The molecule has 0 spiro atoms. The van der Waals surface area contributed by atoms with Gasteiger partial charge in [0.2, 0.25) is 0 Å². The molecule has 0 heterocycles. The molecule has 0 saturated carbocycles. The van der Waals surface area contributed by atoms with Crippen LogP contribution in [0.25, 0.3) is 5.57 Å². The van der Waals surface area contributed by atoms with Crippen LogP contribution in [0.4, 0.5) is 0 Å². The van der Waals surface area contributed by atoms with Gasteiger partial charge in [-0.25, -0.2) is 0 Å². The molecule has 1 aromatic carbocycles. The fraction of sp³-hybridized carbons (Fsp3) is 0.250. The molecule has 0 amide bonds. The summed E-state index contributed by atoms with van der Waals surface area (Å²) in [5.41, 5.74) is 3.30. The van der Waals surface area contributed by atoms with E-state index < -0.39 is 5.97 Å². The van der Waals surface area contributed by atoms with Crippen molar-refractivity contribution in [1.29, 1.82) is 0 Å². The maximum absolute atomic E-state index is 10.3. The first kappa shape index (κ1) is 10.5. The van der Waals surface area contributed by atoms with Crippen molar-refractivity contribution in [2.75, 3.05) is 0 Å². The van der Waals surface area contributed by atoms with Gasteiger partial charge in [0.1, 0.15) is 0 Å². The molecule has 2 nitrogen and oxygen atoms in total. The lowest BCUT2D eigenvalue weighted by Gasteiger charge is -2.01. The van der Waals surface area contributed by atoms with Crippen molar-refractivity contribution >= 4 is 11.5 Å². The maximum atomic E-state index is 10.3. The molecule has 1 rings (SSSR count). The van der Waals surface area contributed by atoms with Crippen molar-refractivity contribution < 1.29 is 9.90 Å². The normalized spacial score (nSPS) is 11.4. The van der Waals surface area contributed by atoms with E-state index >= 15 is 0 Å². The summed E-state index contributed by atoms with van der Waals surface area (Å²) in [6, 6.07) is 8.05. The molecule has 0 radical (unpaired) electrons. The highest BCUT2D eigenvalue weighted by molar-refractivity contribution is 5.73. The lowest BCUT2D eigenvalue weighted by Crippen LogP contribution is -1.91. The standard InChI is InChI=1S/C12H14O2/c1-9-3-6-11(7-4-9)10(2)5-8-12(13)14/h3-7H,8H2,1-2H3,(H,13,14)/b10-5-. The molecule has 0 unspecified atom stereocenters. The predicted molar refractivity (Wildman–Crippen MR) is 57.1 cm³/mol. The Morgan fingerprint density at radius 2 is 1.93 bits per heavy atom. The third kappa shape index (κ3) is 3.05. The number of rotatable bonds is 3. The second-order valence-electron chi connectivity index (χ2n) is 3.35. The van der Waals surface area contributed by atoms with E-state index in [0.29, 0.717) is 0 Å². The molecule has 0 aromatic heterocycles. The average Bonchev–Trinajstić information content (AvgIpc) is 2.15. The summed E-state index contributed by atoms with van der Waals surface area (Å²) in [7, 11) is 0. The highest BCUT2D eigenvalue weighted by Crippen LogP contribution is 2.14. The van der Waals surface area contributed by atoms with Crippen LogP contribution in [0.1, 0.15) is 24.5 Å². The average molecular weight is 190 g/mol. The molecule has 0 fully saturated rings. The Balaban J connectivity index is 2.78. The van der Waals surface area contributed by atoms with Crippen LogP contribution in [0.5, 0.6) is 0 Å². The molecule has 0 saturated heterocycles. The van der Waals surface area contributed by atoms with Crippen LogP contribution in [-0.2, 0) is 4.79 Å². The zero-order chi connectivity index (χ0) is 10.6. The summed E-state index contributed by atoms with van der Waals surface area (Å²) in [6.45, 7) is 3.95. The molecule has 0 atom stereocenters. The second kappa shape index (κ2) is 4.61. The smallest absolute Gasteiger partial charge is 0.307 e. The predicted octanol–water partition coefficient (Wildman–Crippen LogP) is 2.87. The van der Waals surface area contributed by atoms with Crippen LogP contribution in [-0.4, -0.2) is 11.1 Å². The molecule has 74 valence electrons. The van der Waals surface area contributed by atoms with E-state index in [2.05, 4.69) is 0 Å². The number of allylic oxidation sites excluding steroid dienone is 1. The molecule has 1 aromatic rings. The Hall–Kier alpha value is -1.57. The van der Waals surface area contributed by atoms with E-state index in [-0.39, 0.29) is 6.42 Å². The van der Waals surface area contributed by atoms with Crippen LogP contribution in [0.3, 0.4) is 0 Å². The minimum atomic E-state index is -0.795. The van der Waals surface area contributed by atoms with Crippen LogP contribution in [0, 0.1) is 6.92 Å². The molecule has 1 N–H and O–H groups in total. The van der Waals surface area contributed by atoms with Gasteiger partial charge >= 0.3 is 5.97 Å². The molecule has 2 heteroatoms. The van der Waals surface area contributed by atoms with Gasteiger partial charge in [0.05, 0.1) is 6.42 Å². The third-order valence-corrected chi connectivity index (χ3v) is 2.09. The number of hydrogen-bond donors (Lipinski definition) is 1. The molecular weight excluding hydrogens is 176 g/mol. The van der Waals surface area contributed by atoms with Crippen molar-refractivity contribution in [2.24, 2.45) is 0 Å². The van der Waals surface area contributed by atoms with Crippen molar-refractivity contribution in [1.82, 2.24) is 0 Å². The number of carboxylic acid groups (broad SMARTS) is 1. The molecule has 0 aliphatic rings. The Morgan fingerprint density at radius 1 is 1.36 bits per heavy atom. The monoisotopic (exact) mass is 190 g/mol. The molecular formula is C12H14O2. The van der Waals surface area contributed by atoms with E-state index in [1.54, 1.807) is 6.08 Å². The van der Waals surface area contributed by atoms with E-state index in [1.165, 1.54) is 5.56 Å². The number of benzene rings is 1. The Bertz CT molecular complexity index is 347. The Morgan fingerprint density at radius 3 is 2.43 bits per heavy atom. The van der Waals surface area contributed by atoms with Crippen LogP contribution in [0.15, 0.2) is 30.3 Å². The van der Waals surface area contributed by atoms with E-state index in [4.69, 9.17) is 5.11 Å². The number of carbonyl (C=O) groups is 1. The fourth-order valence-corrected chi connectivity index (χ4v) is 1.17. The molecule has 0 aliphatic carbocycles. The van der Waals surface area contributed by atoms with Gasteiger partial charge in [-0.05, 0) is 25.0 Å². The molecule has 14 heavy (non-hydrogen) atoms. The van der Waals surface area contributed by atoms with Crippen molar-refractivity contribution in [3.63, 3.8) is 0 Å². The van der Waals surface area contributed by atoms with E-state index in [0.717, 1.165) is 11.1 Å². The van der Waals surface area contributed by atoms with E-state index in [1.807, 2.05) is 38.1 Å². The third-order valence-electron chi connectivity index (χ3n) is 2.09. The highest BCUT2D eigenvalue weighted by Gasteiger charge is 1.97. The van der Waals surface area contributed by atoms with Gasteiger partial charge in [0, 0.05) is 0 Å². The number of aliphatic carboxylic acids is 1. The number of aryl methyl sites for hydroxylation is 1. The van der Waals surface area contributed by atoms with Gasteiger partial charge in [0.25, 0.3) is 0 Å². The number of carboxylic acids is 1. The van der Waals surface area contributed by atoms with E-state index in [9.17, 15) is 4.79 Å². The Labute approximate surface area is 83.9 Å². The molecule has 0 bridgehead atoms. The first-order chi connectivity index (χ1) is 6.59. The van der Waals surface area contributed by atoms with Crippen LogP contribution < -0.4 is 0 Å². The van der Waals surface area contributed by atoms with Crippen molar-refractivity contribution in [2.45, 2.75) is 20.3 Å². The summed E-state index contributed by atoms with van der Waals surface area (Å²) in [6.07, 6.45) is 1.81. The second-order valence-corrected chi connectivity index (χ2v) is 3.35. The fourth-order valence-electron chi connectivity index (χ4n) is 1.17. The Kier molecular flexibility index (Phi) is 3.46. The summed E-state index contributed by atoms with van der Waals surface area (Å²) >= 11 is 0. The topological polar surface area (TPSA) is 37.3 Å². The van der Waals surface area contributed by atoms with Crippen molar-refractivity contribution in [3.8, 4) is 0 Å². The van der Waals surface area contributed by atoms with Gasteiger partial charge in [-0.3, -0.25) is 4.79 Å². The highest BCUT2D eigenvalue weighted by atomic mass is 16.4. The van der Waals surface area contributed by atoms with Crippen LogP contribution >= 0.6 is 0 Å². The maximum Gasteiger partial charge on any atom is 0.307 e. The summed E-state index contributed by atoms with van der Waals surface area (Å²) in [5.74, 6) is -0.795. The lowest BCUT2D eigenvalue weighted by molar-refractivity contribution is -0.135. The van der Waals surface area contributed by atoms with Crippen molar-refractivity contribution in [3.05, 3.63) is 41.5 Å². The minimum absolute atomic E-state index is 0.0830. The van der Waals surface area contributed by atoms with Gasteiger partial charge in [-0.1, -0.05) is 35.9 Å². The first-order valence-corrected chi connectivity index (χ1v) is 4.55. The van der Waals surface area contributed by atoms with Gasteiger partial charge in [-0.2, -0.15) is 0 Å². The summed E-state index contributed by atoms with van der Waals surface area (Å²) in [5, 5.41) is 8.51. The minimum Gasteiger partial charge on any atom is -0.481 e. The zero-order valence-electron chi connectivity index (χ0n) is 8.45. The SMILES string of the molecule is C/C(=C/CC(=O)O)c1ccc(C)cc1.